The molecule has 2 N–H and O–H groups in total. The van der Waals surface area contributed by atoms with Gasteiger partial charge in [-0.05, 0) is 55.7 Å². The fourth-order valence-electron chi connectivity index (χ4n) is 3.21. The van der Waals surface area contributed by atoms with Gasteiger partial charge < -0.3 is 10.0 Å². The lowest BCUT2D eigenvalue weighted by atomic mass is 9.92. The van der Waals surface area contributed by atoms with Crippen LogP contribution in [0.4, 0.5) is 0 Å². The van der Waals surface area contributed by atoms with Gasteiger partial charge in [-0.1, -0.05) is 13.0 Å². The Hall–Kier alpha value is -1.93. The molecular weight excluding hydrogens is 356 g/mol. The van der Waals surface area contributed by atoms with E-state index in [-0.39, 0.29) is 16.4 Å². The summed E-state index contributed by atoms with van der Waals surface area (Å²) in [4.78, 5) is 25.7. The Labute approximate surface area is 153 Å². The molecule has 1 heterocycles. The number of hydrogen-bond acceptors (Lipinski definition) is 4. The largest absolute Gasteiger partial charge is 0.480 e. The van der Waals surface area contributed by atoms with Crippen molar-refractivity contribution >= 4 is 21.9 Å². The first-order chi connectivity index (χ1) is 12.3. The van der Waals surface area contributed by atoms with E-state index in [1.807, 2.05) is 6.92 Å². The van der Waals surface area contributed by atoms with Gasteiger partial charge in [0.2, 0.25) is 10.0 Å². The minimum absolute atomic E-state index is 0.0289. The molecule has 1 aliphatic carbocycles. The summed E-state index contributed by atoms with van der Waals surface area (Å²) < 4.78 is 27.4. The molecule has 1 amide bonds. The normalized spacial score (nSPS) is 23.7. The average molecular weight is 380 g/mol. The van der Waals surface area contributed by atoms with Crippen LogP contribution in [0.5, 0.6) is 0 Å². The minimum Gasteiger partial charge on any atom is -0.480 e. The molecule has 7 nitrogen and oxygen atoms in total. The Balaban J connectivity index is 1.80. The molecule has 3 rings (SSSR count). The number of nitrogens with one attached hydrogen (secondary N) is 1. The number of benzene rings is 1. The van der Waals surface area contributed by atoms with Gasteiger partial charge in [-0.25, -0.2) is 17.9 Å². The molecule has 2 fully saturated rings. The van der Waals surface area contributed by atoms with Gasteiger partial charge >= 0.3 is 5.97 Å². The molecule has 0 bridgehead atoms. The number of amides is 1. The number of aliphatic carboxylic acids is 1. The van der Waals surface area contributed by atoms with Crippen molar-refractivity contribution in [2.45, 2.75) is 43.5 Å². The number of nitrogens with zero attached hydrogens (tertiary/aromatic N) is 1. The molecule has 1 aromatic carbocycles. The summed E-state index contributed by atoms with van der Waals surface area (Å²) in [6.07, 6.45) is 3.20. The fraction of sp³-hybridized carbons (Fsp3) is 0.556. The zero-order valence-electron chi connectivity index (χ0n) is 14.7. The Bertz CT molecular complexity index is 804. The van der Waals surface area contributed by atoms with Crippen molar-refractivity contribution in [1.29, 1.82) is 0 Å². The third kappa shape index (κ3) is 4.24. The number of carboxylic acids is 1. The standard InChI is InChI=1S/C18H24N2O5S/c1-12-7-8-20(16(9-12)18(22)23)17(21)14-3-2-4-15(10-14)26(24,25)19-11-13-5-6-13/h2-4,10,12-13,16,19H,5-9,11H2,1H3,(H,22,23). The Morgan fingerprint density at radius 3 is 2.65 bits per heavy atom. The number of piperidine rings is 1. The molecule has 2 unspecified atom stereocenters. The van der Waals surface area contributed by atoms with Crippen LogP contribution in [0.25, 0.3) is 0 Å². The highest BCUT2D eigenvalue weighted by Gasteiger charge is 2.35. The van der Waals surface area contributed by atoms with Crippen LogP contribution in [0.15, 0.2) is 29.2 Å². The summed E-state index contributed by atoms with van der Waals surface area (Å²) in [7, 11) is -3.68. The second-order valence-electron chi connectivity index (χ2n) is 7.31. The van der Waals surface area contributed by atoms with E-state index in [0.717, 1.165) is 19.3 Å². The number of carbonyl (C=O) groups is 2. The van der Waals surface area contributed by atoms with Crippen LogP contribution in [0.1, 0.15) is 43.0 Å². The van der Waals surface area contributed by atoms with Gasteiger partial charge in [0.15, 0.2) is 0 Å². The highest BCUT2D eigenvalue weighted by atomic mass is 32.2. The quantitative estimate of drug-likeness (QED) is 0.782. The van der Waals surface area contributed by atoms with E-state index in [0.29, 0.717) is 25.4 Å². The SMILES string of the molecule is CC1CCN(C(=O)c2cccc(S(=O)(=O)NCC3CC3)c2)C(C(=O)O)C1. The highest BCUT2D eigenvalue weighted by Crippen LogP contribution is 2.28. The van der Waals surface area contributed by atoms with Crippen molar-refractivity contribution in [3.05, 3.63) is 29.8 Å². The van der Waals surface area contributed by atoms with Gasteiger partial charge in [-0.2, -0.15) is 0 Å². The Morgan fingerprint density at radius 2 is 2.00 bits per heavy atom. The van der Waals surface area contributed by atoms with Crippen molar-refractivity contribution < 1.29 is 23.1 Å². The maximum absolute atomic E-state index is 12.8. The van der Waals surface area contributed by atoms with Crippen molar-refractivity contribution in [1.82, 2.24) is 9.62 Å². The monoisotopic (exact) mass is 380 g/mol. The second kappa shape index (κ2) is 7.36. The molecule has 1 aliphatic heterocycles. The van der Waals surface area contributed by atoms with Gasteiger partial charge in [-0.15, -0.1) is 0 Å². The minimum atomic E-state index is -3.68. The maximum atomic E-state index is 12.8. The number of rotatable bonds is 6. The van der Waals surface area contributed by atoms with Crippen LogP contribution in [-0.4, -0.2) is 49.4 Å². The van der Waals surface area contributed by atoms with Crippen molar-refractivity contribution in [3.63, 3.8) is 0 Å². The molecule has 0 aromatic heterocycles. The molecule has 1 aromatic rings. The third-order valence-electron chi connectivity index (χ3n) is 5.06. The van der Waals surface area contributed by atoms with Crippen LogP contribution in [0, 0.1) is 11.8 Å². The number of likely N-dealkylation sites (tertiary alicyclic amines) is 1. The summed E-state index contributed by atoms with van der Waals surface area (Å²) in [5.41, 5.74) is 0.195. The van der Waals surface area contributed by atoms with Crippen LogP contribution >= 0.6 is 0 Å². The van der Waals surface area contributed by atoms with Crippen LogP contribution < -0.4 is 4.72 Å². The van der Waals surface area contributed by atoms with Crippen LogP contribution in [0.3, 0.4) is 0 Å². The highest BCUT2D eigenvalue weighted by molar-refractivity contribution is 7.89. The molecule has 8 heteroatoms. The van der Waals surface area contributed by atoms with Gasteiger partial charge in [-0.3, -0.25) is 4.79 Å². The summed E-state index contributed by atoms with van der Waals surface area (Å²) in [5, 5.41) is 9.43. The molecule has 142 valence electrons. The maximum Gasteiger partial charge on any atom is 0.326 e. The summed E-state index contributed by atoms with van der Waals surface area (Å²) in [6, 6.07) is 4.94. The van der Waals surface area contributed by atoms with Gasteiger partial charge in [0.25, 0.3) is 5.91 Å². The van der Waals surface area contributed by atoms with Crippen LogP contribution in [0.2, 0.25) is 0 Å². The van der Waals surface area contributed by atoms with Gasteiger partial charge in [0, 0.05) is 18.7 Å². The van der Waals surface area contributed by atoms with E-state index in [1.165, 1.54) is 29.2 Å². The lowest BCUT2D eigenvalue weighted by Gasteiger charge is -2.36. The van der Waals surface area contributed by atoms with E-state index in [4.69, 9.17) is 0 Å². The van der Waals surface area contributed by atoms with E-state index < -0.39 is 27.9 Å². The average Bonchev–Trinajstić information content (AvgIpc) is 3.44. The zero-order valence-corrected chi connectivity index (χ0v) is 15.5. The number of carboxylic acid groups (broad SMARTS) is 1. The molecule has 0 radical (unpaired) electrons. The first-order valence-corrected chi connectivity index (χ1v) is 10.4. The topological polar surface area (TPSA) is 104 Å². The van der Waals surface area contributed by atoms with Gasteiger partial charge in [0.1, 0.15) is 6.04 Å². The molecule has 2 atom stereocenters. The smallest absolute Gasteiger partial charge is 0.326 e. The molecular formula is C18H24N2O5S. The fourth-order valence-corrected chi connectivity index (χ4v) is 4.38. The predicted octanol–water partition coefficient (Wildman–Crippen LogP) is 1.70. The first-order valence-electron chi connectivity index (χ1n) is 8.91. The van der Waals surface area contributed by atoms with Crippen molar-refractivity contribution in [2.24, 2.45) is 11.8 Å². The molecule has 26 heavy (non-hydrogen) atoms. The van der Waals surface area contributed by atoms with Crippen molar-refractivity contribution in [3.8, 4) is 0 Å². The first kappa shape index (κ1) is 18.8. The number of sulfonamides is 1. The van der Waals surface area contributed by atoms with Crippen molar-refractivity contribution in [2.75, 3.05) is 13.1 Å². The predicted molar refractivity (Wildman–Crippen MR) is 95.2 cm³/mol. The zero-order chi connectivity index (χ0) is 18.9. The van der Waals surface area contributed by atoms with E-state index >= 15 is 0 Å². The molecule has 1 saturated carbocycles. The third-order valence-corrected chi connectivity index (χ3v) is 6.48. The Kier molecular flexibility index (Phi) is 5.34. The lowest BCUT2D eigenvalue weighted by Crippen LogP contribution is -2.49. The second-order valence-corrected chi connectivity index (χ2v) is 9.07. The van der Waals surface area contributed by atoms with Gasteiger partial charge in [0.05, 0.1) is 4.90 Å². The van der Waals surface area contributed by atoms with E-state index in [1.54, 1.807) is 0 Å². The number of hydrogen-bond donors (Lipinski definition) is 2. The molecule has 1 saturated heterocycles. The summed E-state index contributed by atoms with van der Waals surface area (Å²) in [6.45, 7) is 2.73. The Morgan fingerprint density at radius 1 is 1.27 bits per heavy atom. The lowest BCUT2D eigenvalue weighted by molar-refractivity contribution is -0.144. The van der Waals surface area contributed by atoms with E-state index in [9.17, 15) is 23.1 Å². The van der Waals surface area contributed by atoms with Crippen LogP contribution in [-0.2, 0) is 14.8 Å². The van der Waals surface area contributed by atoms with E-state index in [2.05, 4.69) is 4.72 Å². The summed E-state index contributed by atoms with van der Waals surface area (Å²) in [5.74, 6) is -0.831. The summed E-state index contributed by atoms with van der Waals surface area (Å²) >= 11 is 0. The molecule has 0 spiro atoms. The number of carbonyl (C=O) groups excluding carboxylic acids is 1. The molecule has 2 aliphatic rings.